The Balaban J connectivity index is 1.61. The molecular weight excluding hydrogens is 508 g/mol. The molecule has 192 valence electrons. The van der Waals surface area contributed by atoms with Crippen LogP contribution in [0.25, 0.3) is 22.4 Å². The van der Waals surface area contributed by atoms with Crippen molar-refractivity contribution in [3.8, 4) is 22.4 Å². The Morgan fingerprint density at radius 2 is 1.84 bits per heavy atom. The Morgan fingerprint density at radius 3 is 2.51 bits per heavy atom. The fourth-order valence-electron chi connectivity index (χ4n) is 3.86. The Morgan fingerprint density at radius 1 is 1.14 bits per heavy atom. The van der Waals surface area contributed by atoms with Crippen LogP contribution in [0.3, 0.4) is 0 Å². The maximum absolute atomic E-state index is 15.2. The van der Waals surface area contributed by atoms with Crippen molar-refractivity contribution in [2.75, 3.05) is 19.0 Å². The number of carbonyl (C=O) groups is 2. The number of aromatic carboxylic acids is 1. The van der Waals surface area contributed by atoms with Gasteiger partial charge in [-0.15, -0.1) is 0 Å². The summed E-state index contributed by atoms with van der Waals surface area (Å²) in [5.41, 5.74) is 1.29. The van der Waals surface area contributed by atoms with Crippen LogP contribution in [0, 0.1) is 18.6 Å². The molecule has 0 atom stereocenters. The number of hydrogen-bond donors (Lipinski definition) is 2. The highest BCUT2D eigenvalue weighted by molar-refractivity contribution is 6.33. The molecule has 0 saturated heterocycles. The molecule has 4 aromatic rings. The zero-order valence-corrected chi connectivity index (χ0v) is 20.8. The number of carboxylic acid groups (broad SMARTS) is 1. The van der Waals surface area contributed by atoms with Crippen LogP contribution < -0.4 is 5.32 Å². The zero-order valence-electron chi connectivity index (χ0n) is 20.1. The van der Waals surface area contributed by atoms with Gasteiger partial charge in [-0.25, -0.2) is 18.6 Å². The molecule has 37 heavy (non-hydrogen) atoms. The summed E-state index contributed by atoms with van der Waals surface area (Å²) in [5.74, 6) is -4.07. The molecule has 0 unspecified atom stereocenters. The number of aromatic nitrogens is 4. The van der Waals surface area contributed by atoms with Crippen LogP contribution >= 0.6 is 11.6 Å². The van der Waals surface area contributed by atoms with E-state index in [-0.39, 0.29) is 38.9 Å². The van der Waals surface area contributed by atoms with Gasteiger partial charge >= 0.3 is 5.97 Å². The maximum Gasteiger partial charge on any atom is 0.337 e. The average Bonchev–Trinajstić information content (AvgIpc) is 3.41. The van der Waals surface area contributed by atoms with Crippen molar-refractivity contribution in [3.63, 3.8) is 0 Å². The number of halogens is 3. The molecule has 2 N–H and O–H groups in total. The van der Waals surface area contributed by atoms with Crippen molar-refractivity contribution in [2.24, 2.45) is 7.05 Å². The molecule has 2 aromatic carbocycles. The first-order chi connectivity index (χ1) is 17.6. The predicted molar refractivity (Wildman–Crippen MR) is 133 cm³/mol. The number of imidazole rings is 1. The molecule has 0 aliphatic carbocycles. The molecule has 0 aliphatic rings. The van der Waals surface area contributed by atoms with Crippen molar-refractivity contribution in [3.05, 3.63) is 76.5 Å². The minimum atomic E-state index is -1.20. The fourth-order valence-corrected chi connectivity index (χ4v) is 4.12. The largest absolute Gasteiger partial charge is 0.478 e. The summed E-state index contributed by atoms with van der Waals surface area (Å²) in [6, 6.07) is 6.80. The van der Waals surface area contributed by atoms with Gasteiger partial charge in [-0.05, 0) is 31.2 Å². The van der Waals surface area contributed by atoms with Gasteiger partial charge in [0, 0.05) is 42.7 Å². The van der Waals surface area contributed by atoms with Gasteiger partial charge in [0.1, 0.15) is 0 Å². The molecular formula is C25H22ClF2N5O4. The summed E-state index contributed by atoms with van der Waals surface area (Å²) in [4.78, 5) is 28.0. The summed E-state index contributed by atoms with van der Waals surface area (Å²) in [7, 11) is 3.06. The molecule has 0 aliphatic heterocycles. The first-order valence-electron chi connectivity index (χ1n) is 11.0. The lowest BCUT2D eigenvalue weighted by atomic mass is 10.0. The highest BCUT2D eigenvalue weighted by atomic mass is 35.5. The number of carboxylic acids is 1. The first kappa shape index (κ1) is 26.0. The molecule has 1 amide bonds. The zero-order chi connectivity index (χ0) is 26.9. The minimum Gasteiger partial charge on any atom is -0.478 e. The first-order valence-corrected chi connectivity index (χ1v) is 11.4. The van der Waals surface area contributed by atoms with E-state index in [4.69, 9.17) is 21.4 Å². The number of amides is 1. The van der Waals surface area contributed by atoms with E-state index in [9.17, 15) is 9.59 Å². The summed E-state index contributed by atoms with van der Waals surface area (Å²) in [6.07, 6.45) is 2.90. The topological polar surface area (TPSA) is 111 Å². The summed E-state index contributed by atoms with van der Waals surface area (Å²) >= 11 is 5.95. The standard InChI is InChI=1S/C25H22ClF2N5O4/c1-13-18(12-33(31-13)8-9-37-3)15-6-7-17(22(28)21(15)27)20-11-29-23(32(20)2)24(34)30-14-4-5-16(25(35)36)19(26)10-14/h4-7,10-12H,8-9H2,1-3H3,(H,30,34)(H,35,36). The number of methoxy groups -OCH3 is 1. The number of aryl methyl sites for hydroxylation is 1. The summed E-state index contributed by atoms with van der Waals surface area (Å²) < 4.78 is 38.4. The van der Waals surface area contributed by atoms with Crippen LogP contribution in [-0.2, 0) is 18.3 Å². The van der Waals surface area contributed by atoms with Crippen LogP contribution in [0.5, 0.6) is 0 Å². The van der Waals surface area contributed by atoms with E-state index in [1.807, 2.05) is 0 Å². The van der Waals surface area contributed by atoms with Gasteiger partial charge < -0.3 is 19.7 Å². The molecule has 12 heteroatoms. The molecule has 0 saturated carbocycles. The van der Waals surface area contributed by atoms with Gasteiger partial charge in [-0.1, -0.05) is 17.7 Å². The van der Waals surface area contributed by atoms with Crippen molar-refractivity contribution >= 4 is 29.2 Å². The highest BCUT2D eigenvalue weighted by Crippen LogP contribution is 2.33. The van der Waals surface area contributed by atoms with Gasteiger partial charge in [0.2, 0.25) is 0 Å². The SMILES string of the molecule is COCCn1cc(-c2ccc(-c3cnc(C(=O)Nc4ccc(C(=O)O)c(Cl)c4)n3C)c(F)c2F)c(C)n1. The van der Waals surface area contributed by atoms with E-state index in [0.29, 0.717) is 24.4 Å². The molecule has 0 radical (unpaired) electrons. The monoisotopic (exact) mass is 529 g/mol. The summed E-state index contributed by atoms with van der Waals surface area (Å²) in [6.45, 7) is 2.60. The Kier molecular flexibility index (Phi) is 7.37. The van der Waals surface area contributed by atoms with Crippen LogP contribution in [0.15, 0.2) is 42.7 Å². The van der Waals surface area contributed by atoms with E-state index < -0.39 is 23.5 Å². The second-order valence-corrected chi connectivity index (χ2v) is 8.56. The number of nitrogens with one attached hydrogen (secondary N) is 1. The van der Waals surface area contributed by atoms with Gasteiger partial charge in [0.15, 0.2) is 17.5 Å². The van der Waals surface area contributed by atoms with E-state index >= 15 is 8.78 Å². The third-order valence-electron chi connectivity index (χ3n) is 5.77. The van der Waals surface area contributed by atoms with Crippen LogP contribution in [0.4, 0.5) is 14.5 Å². The Bertz CT molecular complexity index is 1520. The second-order valence-electron chi connectivity index (χ2n) is 8.15. The van der Waals surface area contributed by atoms with Crippen LogP contribution in [0.2, 0.25) is 5.02 Å². The maximum atomic E-state index is 15.2. The molecule has 0 spiro atoms. The van der Waals surface area contributed by atoms with Gasteiger partial charge in [-0.3, -0.25) is 9.48 Å². The molecule has 9 nitrogen and oxygen atoms in total. The third-order valence-corrected chi connectivity index (χ3v) is 6.08. The van der Waals surface area contributed by atoms with E-state index in [2.05, 4.69) is 15.4 Å². The normalized spacial score (nSPS) is 11.1. The average molecular weight is 530 g/mol. The number of benzene rings is 2. The Hall–Kier alpha value is -4.09. The second kappa shape index (κ2) is 10.5. The van der Waals surface area contributed by atoms with Crippen LogP contribution in [-0.4, -0.2) is 50.0 Å². The molecule has 4 rings (SSSR count). The third kappa shape index (κ3) is 5.09. The van der Waals surface area contributed by atoms with E-state index in [0.717, 1.165) is 0 Å². The number of ether oxygens (including phenoxy) is 1. The predicted octanol–water partition coefficient (Wildman–Crippen LogP) is 4.79. The minimum absolute atomic E-state index is 0.0528. The van der Waals surface area contributed by atoms with Gasteiger partial charge in [-0.2, -0.15) is 5.10 Å². The number of carbonyl (C=O) groups excluding carboxylic acids is 1. The Labute approximate surface area is 215 Å². The molecule has 2 heterocycles. The van der Waals surface area contributed by atoms with Gasteiger partial charge in [0.05, 0.1) is 41.3 Å². The number of hydrogen-bond acceptors (Lipinski definition) is 5. The van der Waals surface area contributed by atoms with Crippen LogP contribution in [0.1, 0.15) is 26.7 Å². The number of rotatable bonds is 8. The van der Waals surface area contributed by atoms with Crippen molar-refractivity contribution in [2.45, 2.75) is 13.5 Å². The summed E-state index contributed by atoms with van der Waals surface area (Å²) in [5, 5.41) is 15.9. The highest BCUT2D eigenvalue weighted by Gasteiger charge is 2.23. The lowest BCUT2D eigenvalue weighted by Gasteiger charge is -2.10. The lowest BCUT2D eigenvalue weighted by Crippen LogP contribution is -2.17. The van der Waals surface area contributed by atoms with E-state index in [1.54, 1.807) is 24.9 Å². The molecule has 0 fully saturated rings. The number of nitrogens with zero attached hydrogens (tertiary/aromatic N) is 4. The number of anilines is 1. The van der Waals surface area contributed by atoms with Crippen molar-refractivity contribution in [1.29, 1.82) is 0 Å². The van der Waals surface area contributed by atoms with E-state index in [1.165, 1.54) is 48.1 Å². The smallest absolute Gasteiger partial charge is 0.337 e. The molecule has 0 bridgehead atoms. The molecule has 2 aromatic heterocycles. The van der Waals surface area contributed by atoms with Crippen molar-refractivity contribution < 1.29 is 28.2 Å². The van der Waals surface area contributed by atoms with Crippen molar-refractivity contribution in [1.82, 2.24) is 19.3 Å². The van der Waals surface area contributed by atoms with Gasteiger partial charge in [0.25, 0.3) is 5.91 Å². The lowest BCUT2D eigenvalue weighted by molar-refractivity contribution is 0.0697. The fraction of sp³-hybridized carbons (Fsp3) is 0.200. The quantitative estimate of drug-likeness (QED) is 0.339.